The highest BCUT2D eigenvalue weighted by atomic mass is 16.3. The van der Waals surface area contributed by atoms with Crippen LogP contribution >= 0.6 is 0 Å². The van der Waals surface area contributed by atoms with E-state index in [9.17, 15) is 5.11 Å². The Morgan fingerprint density at radius 3 is 2.50 bits per heavy atom. The van der Waals surface area contributed by atoms with Crippen LogP contribution in [-0.2, 0) is 0 Å². The molecule has 0 aromatic heterocycles. The van der Waals surface area contributed by atoms with E-state index in [2.05, 4.69) is 18.3 Å². The van der Waals surface area contributed by atoms with Gasteiger partial charge in [0, 0.05) is 12.1 Å². The van der Waals surface area contributed by atoms with Gasteiger partial charge in [0.1, 0.15) is 0 Å². The van der Waals surface area contributed by atoms with Crippen LogP contribution < -0.4 is 5.32 Å². The molecule has 2 N–H and O–H groups in total. The molecule has 16 heavy (non-hydrogen) atoms. The lowest BCUT2D eigenvalue weighted by atomic mass is 9.88. The van der Waals surface area contributed by atoms with Gasteiger partial charge in [0.05, 0.1) is 17.7 Å². The number of nitrogens with zero attached hydrogens (tertiary/aromatic N) is 1. The maximum Gasteiger partial charge on any atom is 0.0991 e. The molecule has 3 nitrogen and oxygen atoms in total. The summed E-state index contributed by atoms with van der Waals surface area (Å²) in [6.45, 7) is 2.10. The van der Waals surface area contributed by atoms with Crippen LogP contribution in [0.5, 0.6) is 0 Å². The molecule has 84 valence electrons. The average Bonchev–Trinajstić information content (AvgIpc) is 2.27. The predicted molar refractivity (Wildman–Crippen MR) is 61.7 cm³/mol. The van der Waals surface area contributed by atoms with Crippen LogP contribution in [0.15, 0.2) is 24.3 Å². The van der Waals surface area contributed by atoms with Crippen LogP contribution in [0.3, 0.4) is 0 Å². The van der Waals surface area contributed by atoms with Gasteiger partial charge in [-0.1, -0.05) is 12.1 Å². The summed E-state index contributed by atoms with van der Waals surface area (Å²) in [6.07, 6.45) is 1.58. The van der Waals surface area contributed by atoms with E-state index in [-0.39, 0.29) is 12.1 Å². The van der Waals surface area contributed by atoms with E-state index in [1.807, 2.05) is 24.3 Å². The van der Waals surface area contributed by atoms with E-state index in [1.54, 1.807) is 0 Å². The Kier molecular flexibility index (Phi) is 3.23. The van der Waals surface area contributed by atoms with Crippen molar-refractivity contribution in [3.05, 3.63) is 35.4 Å². The zero-order valence-electron chi connectivity index (χ0n) is 9.35. The lowest BCUT2D eigenvalue weighted by Crippen LogP contribution is -2.45. The Labute approximate surface area is 95.7 Å². The second-order valence-electron chi connectivity index (χ2n) is 4.44. The first kappa shape index (κ1) is 11.1. The summed E-state index contributed by atoms with van der Waals surface area (Å²) in [5.41, 5.74) is 1.87. The van der Waals surface area contributed by atoms with Crippen molar-refractivity contribution in [1.82, 2.24) is 5.32 Å². The normalized spacial score (nSPS) is 25.6. The van der Waals surface area contributed by atoms with Gasteiger partial charge in [-0.05, 0) is 37.5 Å². The van der Waals surface area contributed by atoms with E-state index in [1.165, 1.54) is 5.56 Å². The molecular formula is C13H16N2O. The van der Waals surface area contributed by atoms with Gasteiger partial charge < -0.3 is 10.4 Å². The van der Waals surface area contributed by atoms with E-state index < -0.39 is 0 Å². The van der Waals surface area contributed by atoms with Crippen LogP contribution in [0.4, 0.5) is 0 Å². The van der Waals surface area contributed by atoms with E-state index in [0.29, 0.717) is 11.6 Å². The van der Waals surface area contributed by atoms with Crippen molar-refractivity contribution in [2.24, 2.45) is 0 Å². The van der Waals surface area contributed by atoms with Gasteiger partial charge >= 0.3 is 0 Å². The molecule has 0 radical (unpaired) electrons. The predicted octanol–water partition coefficient (Wildman–Crippen LogP) is 1.73. The number of rotatable bonds is 3. The standard InChI is InChI=1S/C13H16N2O/c1-9(15-12-6-13(16)7-12)11-4-2-10(8-14)3-5-11/h2-5,9,12-13,15-16H,6-7H2,1H3. The van der Waals surface area contributed by atoms with Crippen LogP contribution in [0.2, 0.25) is 0 Å². The molecule has 1 aromatic rings. The average molecular weight is 216 g/mol. The summed E-state index contributed by atoms with van der Waals surface area (Å²) >= 11 is 0. The molecule has 1 aliphatic rings. The van der Waals surface area contributed by atoms with E-state index in [4.69, 9.17) is 5.26 Å². The van der Waals surface area contributed by atoms with Crippen molar-refractivity contribution >= 4 is 0 Å². The van der Waals surface area contributed by atoms with Gasteiger partial charge in [0.2, 0.25) is 0 Å². The number of aliphatic hydroxyl groups excluding tert-OH is 1. The van der Waals surface area contributed by atoms with Crippen molar-refractivity contribution in [3.63, 3.8) is 0 Å². The summed E-state index contributed by atoms with van der Waals surface area (Å²) in [5, 5.41) is 21.3. The third-order valence-corrected chi connectivity index (χ3v) is 3.14. The number of nitriles is 1. The smallest absolute Gasteiger partial charge is 0.0991 e. The molecule has 1 aromatic carbocycles. The van der Waals surface area contributed by atoms with Gasteiger partial charge in [-0.25, -0.2) is 0 Å². The minimum Gasteiger partial charge on any atom is -0.393 e. The molecule has 1 unspecified atom stereocenters. The van der Waals surface area contributed by atoms with Gasteiger partial charge in [-0.3, -0.25) is 0 Å². The second kappa shape index (κ2) is 4.65. The first-order valence-electron chi connectivity index (χ1n) is 5.63. The van der Waals surface area contributed by atoms with Crippen LogP contribution in [0, 0.1) is 11.3 Å². The van der Waals surface area contributed by atoms with Gasteiger partial charge in [0.25, 0.3) is 0 Å². The molecular weight excluding hydrogens is 200 g/mol. The highest BCUT2D eigenvalue weighted by molar-refractivity contribution is 5.32. The molecule has 3 heteroatoms. The molecule has 0 spiro atoms. The Bertz CT molecular complexity index is 387. The molecule has 1 aliphatic carbocycles. The summed E-state index contributed by atoms with van der Waals surface area (Å²) in [5.74, 6) is 0. The fourth-order valence-corrected chi connectivity index (χ4v) is 2.02. The fraction of sp³-hybridized carbons (Fsp3) is 0.462. The molecule has 1 fully saturated rings. The van der Waals surface area contributed by atoms with Crippen molar-refractivity contribution in [2.75, 3.05) is 0 Å². The molecule has 0 amide bonds. The third-order valence-electron chi connectivity index (χ3n) is 3.14. The number of hydrogen-bond donors (Lipinski definition) is 2. The number of hydrogen-bond acceptors (Lipinski definition) is 3. The monoisotopic (exact) mass is 216 g/mol. The lowest BCUT2D eigenvalue weighted by Gasteiger charge is -2.34. The van der Waals surface area contributed by atoms with Gasteiger partial charge in [0.15, 0.2) is 0 Å². The summed E-state index contributed by atoms with van der Waals surface area (Å²) in [4.78, 5) is 0. The largest absolute Gasteiger partial charge is 0.393 e. The van der Waals surface area contributed by atoms with Gasteiger partial charge in [-0.2, -0.15) is 5.26 Å². The van der Waals surface area contributed by atoms with E-state index in [0.717, 1.165) is 12.8 Å². The van der Waals surface area contributed by atoms with Crippen molar-refractivity contribution in [2.45, 2.75) is 38.0 Å². The van der Waals surface area contributed by atoms with Crippen molar-refractivity contribution in [1.29, 1.82) is 5.26 Å². The number of nitrogens with one attached hydrogen (secondary N) is 1. The van der Waals surface area contributed by atoms with Crippen LogP contribution in [-0.4, -0.2) is 17.3 Å². The minimum absolute atomic E-state index is 0.120. The molecule has 1 atom stereocenters. The van der Waals surface area contributed by atoms with Crippen LogP contribution in [0.25, 0.3) is 0 Å². The highest BCUT2D eigenvalue weighted by Gasteiger charge is 2.27. The zero-order chi connectivity index (χ0) is 11.5. The van der Waals surface area contributed by atoms with E-state index >= 15 is 0 Å². The molecule has 0 saturated heterocycles. The highest BCUT2D eigenvalue weighted by Crippen LogP contribution is 2.23. The number of aliphatic hydroxyl groups is 1. The molecule has 1 saturated carbocycles. The third kappa shape index (κ3) is 2.41. The zero-order valence-corrected chi connectivity index (χ0v) is 9.35. The number of benzene rings is 1. The van der Waals surface area contributed by atoms with Crippen molar-refractivity contribution in [3.8, 4) is 6.07 Å². The Morgan fingerprint density at radius 1 is 1.38 bits per heavy atom. The van der Waals surface area contributed by atoms with Gasteiger partial charge in [-0.15, -0.1) is 0 Å². The fourth-order valence-electron chi connectivity index (χ4n) is 2.02. The molecule has 0 aliphatic heterocycles. The molecule has 0 bridgehead atoms. The molecule has 0 heterocycles. The maximum atomic E-state index is 9.19. The quantitative estimate of drug-likeness (QED) is 0.809. The Morgan fingerprint density at radius 2 is 2.00 bits per heavy atom. The lowest BCUT2D eigenvalue weighted by molar-refractivity contribution is 0.0586. The SMILES string of the molecule is CC(NC1CC(O)C1)c1ccc(C#N)cc1. The van der Waals surface area contributed by atoms with Crippen molar-refractivity contribution < 1.29 is 5.11 Å². The summed E-state index contributed by atoms with van der Waals surface area (Å²) in [7, 11) is 0. The maximum absolute atomic E-state index is 9.19. The second-order valence-corrected chi connectivity index (χ2v) is 4.44. The summed E-state index contributed by atoms with van der Waals surface area (Å²) in [6, 6.07) is 10.4. The minimum atomic E-state index is -0.120. The Balaban J connectivity index is 1.93. The Hall–Kier alpha value is -1.37. The first-order valence-corrected chi connectivity index (χ1v) is 5.63. The van der Waals surface area contributed by atoms with Crippen LogP contribution in [0.1, 0.15) is 36.9 Å². The first-order chi connectivity index (χ1) is 7.69. The topological polar surface area (TPSA) is 56.0 Å². The summed E-state index contributed by atoms with van der Waals surface area (Å²) < 4.78 is 0. The molecule has 2 rings (SSSR count).